The topological polar surface area (TPSA) is 74.6 Å². The summed E-state index contributed by atoms with van der Waals surface area (Å²) in [6, 6.07) is 7.56. The van der Waals surface area contributed by atoms with E-state index in [9.17, 15) is 9.59 Å². The summed E-state index contributed by atoms with van der Waals surface area (Å²) >= 11 is 0. The van der Waals surface area contributed by atoms with E-state index >= 15 is 0 Å². The monoisotopic (exact) mass is 396 g/mol. The fraction of sp³-hybridized carbons (Fsp3) is 0.524. The van der Waals surface area contributed by atoms with E-state index in [-0.39, 0.29) is 11.5 Å². The average Bonchev–Trinajstić information content (AvgIpc) is 2.76. The summed E-state index contributed by atoms with van der Waals surface area (Å²) in [6.07, 6.45) is 6.19. The number of aryl methyl sites for hydroxylation is 1. The third-order valence-electron chi connectivity index (χ3n) is 5.91. The van der Waals surface area contributed by atoms with Gasteiger partial charge in [0, 0.05) is 65.0 Å². The second-order valence-electron chi connectivity index (χ2n) is 7.89. The van der Waals surface area contributed by atoms with Crippen LogP contribution in [0.1, 0.15) is 19.3 Å². The third kappa shape index (κ3) is 4.58. The largest absolute Gasteiger partial charge is 0.370 e. The lowest BCUT2D eigenvalue weighted by Crippen LogP contribution is -2.49. The second kappa shape index (κ2) is 8.63. The zero-order chi connectivity index (χ0) is 20.2. The molecule has 2 saturated heterocycles. The highest BCUT2D eigenvalue weighted by molar-refractivity contribution is 5.77. The van der Waals surface area contributed by atoms with Gasteiger partial charge in [0.25, 0.3) is 5.56 Å². The molecule has 0 bridgehead atoms. The molecule has 2 fully saturated rings. The highest BCUT2D eigenvalue weighted by Gasteiger charge is 2.27. The van der Waals surface area contributed by atoms with Gasteiger partial charge in [-0.15, -0.1) is 0 Å². The Morgan fingerprint density at radius 3 is 2.69 bits per heavy atom. The van der Waals surface area contributed by atoms with E-state index in [2.05, 4.69) is 19.9 Å². The van der Waals surface area contributed by atoms with Crippen LogP contribution in [0, 0.1) is 5.92 Å². The Bertz CT molecular complexity index is 892. The molecule has 4 heterocycles. The number of amides is 1. The van der Waals surface area contributed by atoms with Crippen molar-refractivity contribution in [3.8, 4) is 0 Å². The van der Waals surface area contributed by atoms with Gasteiger partial charge >= 0.3 is 0 Å². The van der Waals surface area contributed by atoms with Crippen LogP contribution >= 0.6 is 0 Å². The lowest BCUT2D eigenvalue weighted by molar-refractivity contribution is -0.132. The van der Waals surface area contributed by atoms with E-state index in [1.165, 1.54) is 4.68 Å². The van der Waals surface area contributed by atoms with Gasteiger partial charge in [-0.2, -0.15) is 5.10 Å². The van der Waals surface area contributed by atoms with Crippen LogP contribution in [0.3, 0.4) is 0 Å². The van der Waals surface area contributed by atoms with Crippen LogP contribution in [-0.2, 0) is 11.8 Å². The molecule has 1 amide bonds. The van der Waals surface area contributed by atoms with Gasteiger partial charge in [-0.1, -0.05) is 6.07 Å². The van der Waals surface area contributed by atoms with Crippen LogP contribution in [0.15, 0.2) is 41.5 Å². The number of piperidine rings is 1. The minimum absolute atomic E-state index is 0.105. The lowest BCUT2D eigenvalue weighted by Gasteiger charge is -2.37. The smallest absolute Gasteiger partial charge is 0.268 e. The molecule has 29 heavy (non-hydrogen) atoms. The summed E-state index contributed by atoms with van der Waals surface area (Å²) < 4.78 is 1.33. The SMILES string of the molecule is Cn1ncc(N2CCCC(CC(=O)N3CCN(c4ccccn4)CC3)C2)cc1=O. The predicted molar refractivity (Wildman–Crippen MR) is 112 cm³/mol. The molecule has 2 aliphatic heterocycles. The lowest BCUT2D eigenvalue weighted by atomic mass is 9.93. The second-order valence-corrected chi connectivity index (χ2v) is 7.89. The number of anilines is 2. The first kappa shape index (κ1) is 19.4. The number of pyridine rings is 1. The first-order valence-electron chi connectivity index (χ1n) is 10.3. The van der Waals surface area contributed by atoms with E-state index in [1.54, 1.807) is 25.5 Å². The molecule has 8 nitrogen and oxygen atoms in total. The van der Waals surface area contributed by atoms with Crippen molar-refractivity contribution in [2.45, 2.75) is 19.3 Å². The minimum atomic E-state index is -0.105. The molecule has 0 spiro atoms. The van der Waals surface area contributed by atoms with Crippen molar-refractivity contribution in [3.63, 3.8) is 0 Å². The molecular weight excluding hydrogens is 368 g/mol. The van der Waals surface area contributed by atoms with E-state index in [0.29, 0.717) is 12.3 Å². The first-order valence-corrected chi connectivity index (χ1v) is 10.3. The van der Waals surface area contributed by atoms with Gasteiger partial charge in [0.1, 0.15) is 5.82 Å². The average molecular weight is 396 g/mol. The zero-order valence-electron chi connectivity index (χ0n) is 16.9. The minimum Gasteiger partial charge on any atom is -0.370 e. The fourth-order valence-corrected chi connectivity index (χ4v) is 4.20. The molecule has 154 valence electrons. The number of aromatic nitrogens is 3. The molecule has 1 unspecified atom stereocenters. The van der Waals surface area contributed by atoms with Crippen molar-refractivity contribution < 1.29 is 4.79 Å². The highest BCUT2D eigenvalue weighted by Crippen LogP contribution is 2.25. The fourth-order valence-electron chi connectivity index (χ4n) is 4.20. The van der Waals surface area contributed by atoms with Crippen LogP contribution in [0.4, 0.5) is 11.5 Å². The van der Waals surface area contributed by atoms with Crippen molar-refractivity contribution in [2.24, 2.45) is 13.0 Å². The van der Waals surface area contributed by atoms with Crippen molar-refractivity contribution >= 4 is 17.4 Å². The van der Waals surface area contributed by atoms with Crippen LogP contribution in [-0.4, -0.2) is 64.8 Å². The zero-order valence-corrected chi connectivity index (χ0v) is 16.9. The molecule has 2 aliphatic rings. The molecule has 2 aromatic heterocycles. The van der Waals surface area contributed by atoms with Crippen molar-refractivity contribution in [3.05, 3.63) is 47.0 Å². The Labute approximate surface area is 170 Å². The van der Waals surface area contributed by atoms with Crippen LogP contribution in [0.2, 0.25) is 0 Å². The predicted octanol–water partition coefficient (Wildman–Crippen LogP) is 1.13. The summed E-state index contributed by atoms with van der Waals surface area (Å²) in [4.78, 5) is 35.5. The number of piperazine rings is 1. The molecular formula is C21H28N6O2. The number of carbonyl (C=O) groups excluding carboxylic acids is 1. The highest BCUT2D eigenvalue weighted by atomic mass is 16.2. The maximum Gasteiger partial charge on any atom is 0.268 e. The van der Waals surface area contributed by atoms with Gasteiger partial charge in [-0.25, -0.2) is 9.67 Å². The number of hydrogen-bond donors (Lipinski definition) is 0. The Kier molecular flexibility index (Phi) is 5.78. The number of hydrogen-bond acceptors (Lipinski definition) is 6. The van der Waals surface area contributed by atoms with Gasteiger partial charge in [0.15, 0.2) is 0 Å². The number of nitrogens with zero attached hydrogens (tertiary/aromatic N) is 6. The summed E-state index contributed by atoms with van der Waals surface area (Å²) in [5, 5.41) is 4.12. The molecule has 0 aliphatic carbocycles. The molecule has 4 rings (SSSR count). The molecule has 0 aromatic carbocycles. The number of rotatable bonds is 4. The normalized spacial score (nSPS) is 20.0. The van der Waals surface area contributed by atoms with Gasteiger partial charge in [-0.3, -0.25) is 9.59 Å². The maximum atomic E-state index is 12.9. The summed E-state index contributed by atoms with van der Waals surface area (Å²) in [5.74, 6) is 1.53. The maximum absolute atomic E-state index is 12.9. The third-order valence-corrected chi connectivity index (χ3v) is 5.91. The van der Waals surface area contributed by atoms with Crippen LogP contribution < -0.4 is 15.4 Å². The molecule has 1 atom stereocenters. The van der Waals surface area contributed by atoms with Crippen LogP contribution in [0.5, 0.6) is 0 Å². The van der Waals surface area contributed by atoms with Crippen molar-refractivity contribution in [1.29, 1.82) is 0 Å². The molecule has 2 aromatic rings. The van der Waals surface area contributed by atoms with Gasteiger partial charge < -0.3 is 14.7 Å². The standard InChI is InChI=1S/C21H28N6O2/c1-24-20(28)14-18(15-23-24)27-8-4-5-17(16-27)13-21(29)26-11-9-25(10-12-26)19-6-2-3-7-22-19/h2-3,6-7,14-15,17H,4-5,8-13,16H2,1H3. The first-order chi connectivity index (χ1) is 14.1. The molecule has 8 heteroatoms. The van der Waals surface area contributed by atoms with E-state index < -0.39 is 0 Å². The summed E-state index contributed by atoms with van der Waals surface area (Å²) in [5.41, 5.74) is 0.751. The molecule has 0 saturated carbocycles. The van der Waals surface area contributed by atoms with Crippen LogP contribution in [0.25, 0.3) is 0 Å². The van der Waals surface area contributed by atoms with Gasteiger partial charge in [-0.05, 0) is 30.9 Å². The summed E-state index contributed by atoms with van der Waals surface area (Å²) in [6.45, 7) is 4.82. The van der Waals surface area contributed by atoms with E-state index in [0.717, 1.165) is 63.6 Å². The van der Waals surface area contributed by atoms with Crippen molar-refractivity contribution in [2.75, 3.05) is 49.1 Å². The Hall–Kier alpha value is -2.90. The summed E-state index contributed by atoms with van der Waals surface area (Å²) in [7, 11) is 1.65. The van der Waals surface area contributed by atoms with Gasteiger partial charge in [0.2, 0.25) is 5.91 Å². The quantitative estimate of drug-likeness (QED) is 0.771. The Morgan fingerprint density at radius 2 is 1.97 bits per heavy atom. The Morgan fingerprint density at radius 1 is 1.14 bits per heavy atom. The molecule has 0 radical (unpaired) electrons. The van der Waals surface area contributed by atoms with Crippen molar-refractivity contribution in [1.82, 2.24) is 19.7 Å². The van der Waals surface area contributed by atoms with Gasteiger partial charge in [0.05, 0.1) is 11.9 Å². The van der Waals surface area contributed by atoms with E-state index in [4.69, 9.17) is 0 Å². The number of carbonyl (C=O) groups is 1. The Balaban J connectivity index is 1.30. The van der Waals surface area contributed by atoms with E-state index in [1.807, 2.05) is 23.1 Å². The molecule has 0 N–H and O–H groups in total.